The molecule has 2 heterocycles. The van der Waals surface area contributed by atoms with E-state index in [9.17, 15) is 0 Å². The summed E-state index contributed by atoms with van der Waals surface area (Å²) in [5.41, 5.74) is 0.172. The van der Waals surface area contributed by atoms with Crippen molar-refractivity contribution in [2.24, 2.45) is 5.41 Å². The molecule has 1 aromatic heterocycles. The van der Waals surface area contributed by atoms with Gasteiger partial charge in [-0.3, -0.25) is 0 Å². The monoisotopic (exact) mass is 255 g/mol. The van der Waals surface area contributed by atoms with Gasteiger partial charge in [0.2, 0.25) is 5.28 Å². The van der Waals surface area contributed by atoms with Gasteiger partial charge in [0.1, 0.15) is 5.82 Å². The Morgan fingerprint density at radius 2 is 2.19 bits per heavy atom. The highest BCUT2D eigenvalue weighted by molar-refractivity contribution is 8.03. The molecule has 1 aromatic rings. The third-order valence-electron chi connectivity index (χ3n) is 2.30. The van der Waals surface area contributed by atoms with Gasteiger partial charge < -0.3 is 4.90 Å². The fraction of sp³-hybridized carbons (Fsp3) is 0.455. The zero-order valence-electron chi connectivity index (χ0n) is 9.51. The second-order valence-electron chi connectivity index (χ2n) is 4.73. The molecule has 86 valence electrons. The Hall–Kier alpha value is -0.740. The van der Waals surface area contributed by atoms with Gasteiger partial charge in [-0.2, -0.15) is 0 Å². The lowest BCUT2D eigenvalue weighted by molar-refractivity contribution is 0.397. The molecule has 0 radical (unpaired) electrons. The fourth-order valence-corrected chi connectivity index (χ4v) is 2.82. The van der Waals surface area contributed by atoms with Crippen molar-refractivity contribution in [2.75, 3.05) is 4.90 Å². The van der Waals surface area contributed by atoms with Gasteiger partial charge in [-0.1, -0.05) is 20.8 Å². The van der Waals surface area contributed by atoms with Gasteiger partial charge in [0.15, 0.2) is 0 Å². The summed E-state index contributed by atoms with van der Waals surface area (Å²) >= 11 is 7.61. The minimum Gasteiger partial charge on any atom is -0.319 e. The molecule has 0 saturated carbocycles. The largest absolute Gasteiger partial charge is 0.319 e. The number of nitrogens with zero attached hydrogens (tertiary/aromatic N) is 3. The van der Waals surface area contributed by atoms with Crippen molar-refractivity contribution in [3.8, 4) is 0 Å². The number of aromatic nitrogens is 2. The van der Waals surface area contributed by atoms with Crippen molar-refractivity contribution in [2.45, 2.75) is 26.1 Å². The first-order valence-corrected chi connectivity index (χ1v) is 6.39. The Bertz CT molecular complexity index is 414. The smallest absolute Gasteiger partial charge is 0.224 e. The summed E-state index contributed by atoms with van der Waals surface area (Å²) in [6.07, 6.45) is 3.72. The molecule has 0 aromatic carbocycles. The molecule has 0 N–H and O–H groups in total. The fourth-order valence-electron chi connectivity index (χ4n) is 1.61. The van der Waals surface area contributed by atoms with Crippen molar-refractivity contribution in [3.05, 3.63) is 29.2 Å². The Morgan fingerprint density at radius 3 is 2.81 bits per heavy atom. The SMILES string of the molecule is CC(C)(C)C1SC=CN1c1ccnc(Cl)n1. The molecule has 0 fully saturated rings. The van der Waals surface area contributed by atoms with Gasteiger partial charge in [0.05, 0.1) is 5.37 Å². The summed E-state index contributed by atoms with van der Waals surface area (Å²) in [6.45, 7) is 6.65. The van der Waals surface area contributed by atoms with Crippen LogP contribution < -0.4 is 4.90 Å². The summed E-state index contributed by atoms with van der Waals surface area (Å²) in [5, 5.41) is 2.72. The summed E-state index contributed by atoms with van der Waals surface area (Å²) in [5.74, 6) is 0.848. The summed E-state index contributed by atoms with van der Waals surface area (Å²) < 4.78 is 0. The molecule has 16 heavy (non-hydrogen) atoms. The number of hydrogen-bond donors (Lipinski definition) is 0. The summed E-state index contributed by atoms with van der Waals surface area (Å²) in [6, 6.07) is 1.88. The molecule has 1 unspecified atom stereocenters. The van der Waals surface area contributed by atoms with Gasteiger partial charge in [-0.25, -0.2) is 9.97 Å². The molecule has 1 aliphatic rings. The molecule has 2 rings (SSSR count). The van der Waals surface area contributed by atoms with Crippen molar-refractivity contribution in [3.63, 3.8) is 0 Å². The van der Waals surface area contributed by atoms with Crippen LogP contribution in [0.4, 0.5) is 5.82 Å². The maximum Gasteiger partial charge on any atom is 0.224 e. The van der Waals surface area contributed by atoms with E-state index in [2.05, 4.69) is 41.0 Å². The quantitative estimate of drug-likeness (QED) is 0.718. The zero-order chi connectivity index (χ0) is 11.8. The van der Waals surface area contributed by atoms with Gasteiger partial charge >= 0.3 is 0 Å². The minimum absolute atomic E-state index is 0.172. The van der Waals surface area contributed by atoms with Crippen LogP contribution in [0.5, 0.6) is 0 Å². The maximum absolute atomic E-state index is 5.81. The highest BCUT2D eigenvalue weighted by Crippen LogP contribution is 2.40. The zero-order valence-corrected chi connectivity index (χ0v) is 11.1. The number of thioether (sulfide) groups is 1. The highest BCUT2D eigenvalue weighted by Gasteiger charge is 2.33. The predicted octanol–water partition coefficient (Wildman–Crippen LogP) is 3.53. The van der Waals surface area contributed by atoms with E-state index in [1.54, 1.807) is 18.0 Å². The molecular formula is C11H14ClN3S. The first-order chi connectivity index (χ1) is 7.48. The van der Waals surface area contributed by atoms with Crippen LogP contribution in [0, 0.1) is 5.41 Å². The van der Waals surface area contributed by atoms with Gasteiger partial charge in [0, 0.05) is 12.4 Å². The standard InChI is InChI=1S/C11H14ClN3S/c1-11(2,3)9-15(6-7-16-9)8-4-5-13-10(12)14-8/h4-7,9H,1-3H3. The molecule has 0 aliphatic carbocycles. The second kappa shape index (κ2) is 4.26. The minimum atomic E-state index is 0.172. The van der Waals surface area contributed by atoms with Gasteiger partial charge in [-0.15, -0.1) is 11.8 Å². The molecule has 0 saturated heterocycles. The molecule has 1 atom stereocenters. The van der Waals surface area contributed by atoms with E-state index in [1.807, 2.05) is 12.3 Å². The Morgan fingerprint density at radius 1 is 1.44 bits per heavy atom. The van der Waals surface area contributed by atoms with Crippen LogP contribution in [0.25, 0.3) is 0 Å². The van der Waals surface area contributed by atoms with Crippen molar-refractivity contribution >= 4 is 29.2 Å². The summed E-state index contributed by atoms with van der Waals surface area (Å²) in [4.78, 5) is 10.3. The van der Waals surface area contributed by atoms with E-state index in [0.717, 1.165) is 5.82 Å². The maximum atomic E-state index is 5.81. The van der Waals surface area contributed by atoms with E-state index < -0.39 is 0 Å². The lowest BCUT2D eigenvalue weighted by atomic mass is 9.95. The van der Waals surface area contributed by atoms with Crippen LogP contribution in [0.15, 0.2) is 23.9 Å². The second-order valence-corrected chi connectivity index (χ2v) is 6.06. The molecule has 0 bridgehead atoms. The molecule has 5 heteroatoms. The highest BCUT2D eigenvalue weighted by atomic mass is 35.5. The van der Waals surface area contributed by atoms with Crippen LogP contribution in [-0.4, -0.2) is 15.3 Å². The van der Waals surface area contributed by atoms with E-state index in [-0.39, 0.29) is 10.7 Å². The van der Waals surface area contributed by atoms with E-state index in [4.69, 9.17) is 11.6 Å². The third kappa shape index (κ3) is 2.33. The normalized spacial score (nSPS) is 20.5. The van der Waals surface area contributed by atoms with E-state index in [0.29, 0.717) is 5.37 Å². The lowest BCUT2D eigenvalue weighted by Gasteiger charge is -2.34. The Labute approximate surface area is 105 Å². The number of hydrogen-bond acceptors (Lipinski definition) is 4. The number of rotatable bonds is 1. The molecule has 0 amide bonds. The lowest BCUT2D eigenvalue weighted by Crippen LogP contribution is -2.36. The van der Waals surface area contributed by atoms with Crippen LogP contribution in [0.2, 0.25) is 5.28 Å². The average Bonchev–Trinajstić information content (AvgIpc) is 2.65. The molecule has 0 spiro atoms. The van der Waals surface area contributed by atoms with Crippen LogP contribution in [-0.2, 0) is 0 Å². The first-order valence-electron chi connectivity index (χ1n) is 5.07. The topological polar surface area (TPSA) is 29.0 Å². The molecule has 3 nitrogen and oxygen atoms in total. The van der Waals surface area contributed by atoms with Crippen LogP contribution in [0.1, 0.15) is 20.8 Å². The summed E-state index contributed by atoms with van der Waals surface area (Å²) in [7, 11) is 0. The van der Waals surface area contributed by atoms with Crippen LogP contribution in [0.3, 0.4) is 0 Å². The van der Waals surface area contributed by atoms with Crippen molar-refractivity contribution in [1.82, 2.24) is 9.97 Å². The van der Waals surface area contributed by atoms with Gasteiger partial charge in [0.25, 0.3) is 0 Å². The average molecular weight is 256 g/mol. The predicted molar refractivity (Wildman–Crippen MR) is 69.5 cm³/mol. The number of halogens is 1. The van der Waals surface area contributed by atoms with Gasteiger partial charge in [-0.05, 0) is 28.5 Å². The molecular weight excluding hydrogens is 242 g/mol. The first kappa shape index (κ1) is 11.7. The van der Waals surface area contributed by atoms with Crippen molar-refractivity contribution < 1.29 is 0 Å². The van der Waals surface area contributed by atoms with Crippen LogP contribution >= 0.6 is 23.4 Å². The Kier molecular flexibility index (Phi) is 3.13. The Balaban J connectivity index is 2.30. The number of anilines is 1. The van der Waals surface area contributed by atoms with E-state index >= 15 is 0 Å². The van der Waals surface area contributed by atoms with E-state index in [1.165, 1.54) is 0 Å². The third-order valence-corrected chi connectivity index (χ3v) is 3.95. The molecule has 1 aliphatic heterocycles. The van der Waals surface area contributed by atoms with Crippen molar-refractivity contribution in [1.29, 1.82) is 0 Å².